The molecule has 0 amide bonds. The highest BCUT2D eigenvalue weighted by Crippen LogP contribution is 2.39. The third-order valence-electron chi connectivity index (χ3n) is 4.38. The van der Waals surface area contributed by atoms with Gasteiger partial charge in [-0.3, -0.25) is 0 Å². The van der Waals surface area contributed by atoms with E-state index in [1.54, 1.807) is 0 Å². The summed E-state index contributed by atoms with van der Waals surface area (Å²) >= 11 is 0. The largest absolute Gasteiger partial charge is 0.379 e. The van der Waals surface area contributed by atoms with Gasteiger partial charge in [-0.15, -0.1) is 0 Å². The Bertz CT molecular complexity index is 307. The Hall–Kier alpha value is -0.340. The van der Waals surface area contributed by atoms with E-state index in [-0.39, 0.29) is 0 Å². The Balaban J connectivity index is 4.06. The van der Waals surface area contributed by atoms with Crippen molar-refractivity contribution in [2.45, 2.75) is 92.6 Å². The van der Waals surface area contributed by atoms with Crippen molar-refractivity contribution in [3.8, 4) is 0 Å². The molecule has 0 aliphatic rings. The number of nitrogens with one attached hydrogen (secondary N) is 1. The van der Waals surface area contributed by atoms with Crippen LogP contribution in [0, 0.1) is 10.8 Å². The Morgan fingerprint density at radius 2 is 1.70 bits per heavy atom. The minimum absolute atomic E-state index is 0.332. The minimum Gasteiger partial charge on any atom is -0.379 e. The van der Waals surface area contributed by atoms with Gasteiger partial charge in [-0.1, -0.05) is 46.3 Å². The lowest BCUT2D eigenvalue weighted by molar-refractivity contribution is 0.0310. The summed E-state index contributed by atoms with van der Waals surface area (Å²) in [6, 6.07) is 0. The lowest BCUT2D eigenvalue weighted by atomic mass is 9.71. The topological polar surface area (TPSA) is 21.3 Å². The van der Waals surface area contributed by atoms with Crippen LogP contribution in [0.5, 0.6) is 0 Å². The van der Waals surface area contributed by atoms with E-state index in [4.69, 9.17) is 4.74 Å². The van der Waals surface area contributed by atoms with Gasteiger partial charge in [0.2, 0.25) is 0 Å². The standard InChI is InChI=1S/C21H43NO/c1-8-23-19(2)17-21(5,6)18-20(3,4)15-13-11-9-10-12-14-16-22-7/h11,13,19,22H,8-10,12,14-18H2,1-7H3/b13-11+. The van der Waals surface area contributed by atoms with Gasteiger partial charge in [0.15, 0.2) is 0 Å². The minimum atomic E-state index is 0.332. The average molecular weight is 326 g/mol. The molecule has 0 heterocycles. The van der Waals surface area contributed by atoms with Gasteiger partial charge in [-0.05, 0) is 76.8 Å². The van der Waals surface area contributed by atoms with Crippen LogP contribution >= 0.6 is 0 Å². The van der Waals surface area contributed by atoms with Gasteiger partial charge in [0.05, 0.1) is 6.10 Å². The zero-order valence-corrected chi connectivity index (χ0v) is 17.0. The molecule has 1 unspecified atom stereocenters. The van der Waals surface area contributed by atoms with Crippen LogP contribution in [0.4, 0.5) is 0 Å². The summed E-state index contributed by atoms with van der Waals surface area (Å²) in [5.41, 5.74) is 0.692. The van der Waals surface area contributed by atoms with E-state index in [9.17, 15) is 0 Å². The molecule has 1 atom stereocenters. The normalized spacial score (nSPS) is 14.6. The van der Waals surface area contributed by atoms with E-state index in [0.29, 0.717) is 16.9 Å². The molecule has 23 heavy (non-hydrogen) atoms. The molecule has 0 spiro atoms. The van der Waals surface area contributed by atoms with Crippen LogP contribution in [0.1, 0.15) is 86.5 Å². The molecule has 0 aromatic heterocycles. The second kappa shape index (κ2) is 12.1. The highest BCUT2D eigenvalue weighted by atomic mass is 16.5. The maximum Gasteiger partial charge on any atom is 0.0551 e. The maximum atomic E-state index is 5.73. The van der Waals surface area contributed by atoms with Crippen molar-refractivity contribution in [2.75, 3.05) is 20.2 Å². The van der Waals surface area contributed by atoms with Crippen molar-refractivity contribution < 1.29 is 4.74 Å². The quantitative estimate of drug-likeness (QED) is 0.314. The van der Waals surface area contributed by atoms with E-state index in [0.717, 1.165) is 19.6 Å². The number of allylic oxidation sites excluding steroid dienone is 2. The van der Waals surface area contributed by atoms with Crippen molar-refractivity contribution in [3.63, 3.8) is 0 Å². The van der Waals surface area contributed by atoms with Crippen molar-refractivity contribution >= 4 is 0 Å². The van der Waals surface area contributed by atoms with Crippen LogP contribution in [-0.2, 0) is 4.74 Å². The summed E-state index contributed by atoms with van der Waals surface area (Å²) < 4.78 is 5.73. The molecule has 0 aromatic rings. The van der Waals surface area contributed by atoms with Crippen LogP contribution in [-0.4, -0.2) is 26.3 Å². The fraction of sp³-hybridized carbons (Fsp3) is 0.905. The van der Waals surface area contributed by atoms with Crippen LogP contribution in [0.15, 0.2) is 12.2 Å². The number of rotatable bonds is 14. The van der Waals surface area contributed by atoms with E-state index in [1.807, 2.05) is 7.05 Å². The summed E-state index contributed by atoms with van der Waals surface area (Å²) in [6.45, 7) is 15.8. The highest BCUT2D eigenvalue weighted by molar-refractivity contribution is 4.90. The van der Waals surface area contributed by atoms with Gasteiger partial charge in [0, 0.05) is 6.61 Å². The predicted octanol–water partition coefficient (Wildman–Crippen LogP) is 5.97. The monoisotopic (exact) mass is 325 g/mol. The third kappa shape index (κ3) is 13.8. The molecule has 0 aliphatic heterocycles. The molecule has 1 N–H and O–H groups in total. The van der Waals surface area contributed by atoms with Crippen molar-refractivity contribution in [1.29, 1.82) is 0 Å². The molecule has 0 aliphatic carbocycles. The van der Waals surface area contributed by atoms with Gasteiger partial charge in [-0.25, -0.2) is 0 Å². The molecule has 0 saturated heterocycles. The van der Waals surface area contributed by atoms with E-state index in [2.05, 4.69) is 59.0 Å². The van der Waals surface area contributed by atoms with Crippen LogP contribution in [0.2, 0.25) is 0 Å². The fourth-order valence-corrected chi connectivity index (χ4v) is 3.82. The summed E-state index contributed by atoms with van der Waals surface area (Å²) in [4.78, 5) is 0. The van der Waals surface area contributed by atoms with E-state index in [1.165, 1.54) is 38.5 Å². The Kier molecular flexibility index (Phi) is 11.9. The molecule has 2 nitrogen and oxygen atoms in total. The second-order valence-electron chi connectivity index (χ2n) is 8.60. The smallest absolute Gasteiger partial charge is 0.0551 e. The number of unbranched alkanes of at least 4 members (excludes halogenated alkanes) is 3. The number of hydrogen-bond acceptors (Lipinski definition) is 2. The van der Waals surface area contributed by atoms with Crippen LogP contribution < -0.4 is 5.32 Å². The molecular formula is C21H43NO. The first-order chi connectivity index (χ1) is 10.7. The molecule has 0 rings (SSSR count). The van der Waals surface area contributed by atoms with E-state index < -0.39 is 0 Å². The summed E-state index contributed by atoms with van der Waals surface area (Å²) in [5.74, 6) is 0. The fourth-order valence-electron chi connectivity index (χ4n) is 3.82. The summed E-state index contributed by atoms with van der Waals surface area (Å²) in [7, 11) is 2.03. The molecule has 0 saturated carbocycles. The van der Waals surface area contributed by atoms with Crippen molar-refractivity contribution in [1.82, 2.24) is 5.32 Å². The molecule has 0 radical (unpaired) electrons. The summed E-state index contributed by atoms with van der Waals surface area (Å²) in [6.07, 6.45) is 13.9. The molecule has 0 fully saturated rings. The summed E-state index contributed by atoms with van der Waals surface area (Å²) in [5, 5.41) is 3.21. The lowest BCUT2D eigenvalue weighted by Gasteiger charge is -2.36. The van der Waals surface area contributed by atoms with Crippen LogP contribution in [0.25, 0.3) is 0 Å². The number of ether oxygens (including phenoxy) is 1. The second-order valence-corrected chi connectivity index (χ2v) is 8.60. The zero-order valence-electron chi connectivity index (χ0n) is 17.0. The molecule has 0 bridgehead atoms. The molecular weight excluding hydrogens is 282 g/mol. The van der Waals surface area contributed by atoms with Gasteiger partial charge in [0.25, 0.3) is 0 Å². The lowest BCUT2D eigenvalue weighted by Crippen LogP contribution is -2.27. The van der Waals surface area contributed by atoms with Gasteiger partial charge in [0.1, 0.15) is 0 Å². The van der Waals surface area contributed by atoms with Gasteiger partial charge >= 0.3 is 0 Å². The first-order valence-corrected chi connectivity index (χ1v) is 9.63. The average Bonchev–Trinajstić information content (AvgIpc) is 2.39. The predicted molar refractivity (Wildman–Crippen MR) is 104 cm³/mol. The SMILES string of the molecule is CCOC(C)CC(C)(C)CC(C)(C)C/C=C/CCCCCNC. The van der Waals surface area contributed by atoms with Gasteiger partial charge in [-0.2, -0.15) is 0 Å². The Labute approximate surface area is 146 Å². The Morgan fingerprint density at radius 1 is 1.00 bits per heavy atom. The zero-order chi connectivity index (χ0) is 17.8. The molecule has 2 heteroatoms. The Morgan fingerprint density at radius 3 is 2.30 bits per heavy atom. The van der Waals surface area contributed by atoms with Crippen molar-refractivity contribution in [3.05, 3.63) is 12.2 Å². The highest BCUT2D eigenvalue weighted by Gasteiger charge is 2.29. The van der Waals surface area contributed by atoms with E-state index >= 15 is 0 Å². The first-order valence-electron chi connectivity index (χ1n) is 9.63. The first kappa shape index (κ1) is 22.7. The molecule has 138 valence electrons. The molecule has 0 aromatic carbocycles. The number of hydrogen-bond donors (Lipinski definition) is 1. The third-order valence-corrected chi connectivity index (χ3v) is 4.38. The maximum absolute atomic E-state index is 5.73. The van der Waals surface area contributed by atoms with Crippen molar-refractivity contribution in [2.24, 2.45) is 10.8 Å². The van der Waals surface area contributed by atoms with Gasteiger partial charge < -0.3 is 10.1 Å². The van der Waals surface area contributed by atoms with Crippen LogP contribution in [0.3, 0.4) is 0 Å².